The van der Waals surface area contributed by atoms with Crippen LogP contribution in [-0.2, 0) is 23.8 Å². The van der Waals surface area contributed by atoms with Gasteiger partial charge in [-0.1, -0.05) is 233 Å². The van der Waals surface area contributed by atoms with E-state index in [1.807, 2.05) is 12.2 Å². The van der Waals surface area contributed by atoms with E-state index in [9.17, 15) is 9.59 Å². The molecule has 0 aliphatic heterocycles. The Kier molecular flexibility index (Phi) is 53.0. The molecule has 0 radical (unpaired) electrons. The molecule has 376 valence electrons. The molecule has 66 heavy (non-hydrogen) atoms. The zero-order valence-electron chi connectivity index (χ0n) is 43.2. The molecule has 0 aliphatic carbocycles. The van der Waals surface area contributed by atoms with Gasteiger partial charge in [0.25, 0.3) is 0 Å². The van der Waals surface area contributed by atoms with Crippen LogP contribution in [0.15, 0.2) is 109 Å². The summed E-state index contributed by atoms with van der Waals surface area (Å²) in [5, 5.41) is 0. The summed E-state index contributed by atoms with van der Waals surface area (Å²) in [5.41, 5.74) is 0. The Morgan fingerprint density at radius 3 is 1.18 bits per heavy atom. The second-order valence-corrected chi connectivity index (χ2v) is 17.7. The Bertz CT molecular complexity index is 1310. The van der Waals surface area contributed by atoms with E-state index in [1.165, 1.54) is 116 Å². The van der Waals surface area contributed by atoms with Gasteiger partial charge in [-0.25, -0.2) is 0 Å². The van der Waals surface area contributed by atoms with Gasteiger partial charge in [0.2, 0.25) is 0 Å². The first-order chi connectivity index (χ1) is 32.6. The van der Waals surface area contributed by atoms with Crippen LogP contribution < -0.4 is 0 Å². The highest BCUT2D eigenvalue weighted by Crippen LogP contribution is 2.14. The second-order valence-electron chi connectivity index (χ2n) is 17.7. The number of carbonyl (C=O) groups excluding carboxylic acids is 2. The van der Waals surface area contributed by atoms with Gasteiger partial charge < -0.3 is 14.2 Å². The van der Waals surface area contributed by atoms with Gasteiger partial charge >= 0.3 is 11.9 Å². The molecule has 0 heterocycles. The number of unbranched alkanes of at least 4 members (excludes halogenated alkanes) is 21. The third-order valence-electron chi connectivity index (χ3n) is 11.3. The highest BCUT2D eigenvalue weighted by Gasteiger charge is 2.17. The van der Waals surface area contributed by atoms with Crippen LogP contribution in [0.5, 0.6) is 0 Å². The van der Waals surface area contributed by atoms with Crippen LogP contribution in [0.1, 0.15) is 239 Å². The molecule has 0 spiro atoms. The highest BCUT2D eigenvalue weighted by atomic mass is 16.6. The van der Waals surface area contributed by atoms with Gasteiger partial charge in [-0.15, -0.1) is 0 Å². The lowest BCUT2D eigenvalue weighted by Crippen LogP contribution is -2.29. The number of hydrogen-bond acceptors (Lipinski definition) is 5. The fraction of sp³-hybridized carbons (Fsp3) is 0.672. The van der Waals surface area contributed by atoms with Crippen LogP contribution in [0, 0.1) is 0 Å². The van der Waals surface area contributed by atoms with Gasteiger partial charge in [-0.2, -0.15) is 0 Å². The fourth-order valence-electron chi connectivity index (χ4n) is 7.30. The van der Waals surface area contributed by atoms with E-state index in [1.54, 1.807) is 0 Å². The molecule has 1 unspecified atom stereocenters. The third-order valence-corrected chi connectivity index (χ3v) is 11.3. The fourth-order valence-corrected chi connectivity index (χ4v) is 7.30. The average molecular weight is 915 g/mol. The average Bonchev–Trinajstić information content (AvgIpc) is 3.32. The molecule has 0 rings (SSSR count). The van der Waals surface area contributed by atoms with Crippen LogP contribution >= 0.6 is 0 Å². The molecule has 0 amide bonds. The summed E-state index contributed by atoms with van der Waals surface area (Å²) in [7, 11) is 0. The minimum absolute atomic E-state index is 0.0339. The van der Waals surface area contributed by atoms with Crippen molar-refractivity contribution >= 4 is 11.9 Å². The van der Waals surface area contributed by atoms with Crippen LogP contribution in [0.3, 0.4) is 0 Å². The Hall–Kier alpha value is -3.44. The van der Waals surface area contributed by atoms with E-state index in [0.717, 1.165) is 89.9 Å². The molecule has 0 aromatic heterocycles. The standard InChI is InChI=1S/C61H102O5/c1-4-7-10-13-16-19-22-25-28-30-31-32-34-36-39-42-45-48-51-54-60(62)65-58-59(57-64-56-53-50-47-44-41-38-35-29-26-23-20-17-14-11-8-5-2)66-61(63)55-52-49-46-43-40-37-33-27-24-21-18-15-12-9-6-3/h8-9,11-12,17-18,20-21,25-29,33,40,43,49,52,59H,4-7,10,13-16,19,22-24,30-32,34-39,41-42,44-48,50-51,53-58H2,1-3H3/b11-8-,12-9-,20-17-,21-18-,28-25-,29-26-,33-27-,43-40-,52-49-. The number of carbonyl (C=O) groups is 2. The number of ether oxygens (including phenoxy) is 3. The van der Waals surface area contributed by atoms with Crippen molar-refractivity contribution < 1.29 is 23.8 Å². The topological polar surface area (TPSA) is 61.8 Å². The van der Waals surface area contributed by atoms with Crippen molar-refractivity contribution in [2.75, 3.05) is 19.8 Å². The molecule has 5 heteroatoms. The Balaban J connectivity index is 4.39. The molecule has 0 aliphatic rings. The monoisotopic (exact) mass is 915 g/mol. The Labute approximate surface area is 408 Å². The summed E-state index contributed by atoms with van der Waals surface area (Å²) in [5.74, 6) is -0.555. The molecule has 1 atom stereocenters. The van der Waals surface area contributed by atoms with Crippen molar-refractivity contribution in [3.63, 3.8) is 0 Å². The van der Waals surface area contributed by atoms with Crippen molar-refractivity contribution in [2.24, 2.45) is 0 Å². The van der Waals surface area contributed by atoms with E-state index in [0.29, 0.717) is 13.0 Å². The van der Waals surface area contributed by atoms with E-state index in [2.05, 4.69) is 118 Å². The number of allylic oxidation sites excluding steroid dienone is 17. The first-order valence-corrected chi connectivity index (χ1v) is 27.4. The molecular formula is C61H102O5. The van der Waals surface area contributed by atoms with E-state index in [4.69, 9.17) is 14.2 Å². The van der Waals surface area contributed by atoms with Crippen molar-refractivity contribution in [1.82, 2.24) is 0 Å². The molecule has 0 saturated heterocycles. The van der Waals surface area contributed by atoms with E-state index >= 15 is 0 Å². The second kappa shape index (κ2) is 55.9. The molecule has 0 N–H and O–H groups in total. The van der Waals surface area contributed by atoms with Gasteiger partial charge in [0.1, 0.15) is 6.61 Å². The summed E-state index contributed by atoms with van der Waals surface area (Å²) in [6.45, 7) is 7.47. The molecule has 0 fully saturated rings. The van der Waals surface area contributed by atoms with Crippen LogP contribution in [-0.4, -0.2) is 37.9 Å². The van der Waals surface area contributed by atoms with Gasteiger partial charge in [0.05, 0.1) is 13.0 Å². The van der Waals surface area contributed by atoms with Crippen molar-refractivity contribution in [3.05, 3.63) is 109 Å². The Morgan fingerprint density at radius 1 is 0.364 bits per heavy atom. The lowest BCUT2D eigenvalue weighted by Gasteiger charge is -2.18. The molecular weight excluding hydrogens is 813 g/mol. The highest BCUT2D eigenvalue weighted by molar-refractivity contribution is 5.71. The normalized spacial score (nSPS) is 13.1. The van der Waals surface area contributed by atoms with Crippen LogP contribution in [0.25, 0.3) is 0 Å². The third kappa shape index (κ3) is 53.2. The SMILES string of the molecule is CC/C=C\C/C=C\C/C=C\C/C=C\C/C=C\CC(=O)OC(COCCCCCCCC/C=C\C/C=C\C/C=C\CC)COC(=O)CCCCCCCCCCC/C=C\CCCCCCCC. The summed E-state index contributed by atoms with van der Waals surface area (Å²) in [4.78, 5) is 25.4. The molecule has 5 nitrogen and oxygen atoms in total. The lowest BCUT2D eigenvalue weighted by atomic mass is 10.1. The maximum atomic E-state index is 12.8. The summed E-state index contributed by atoms with van der Waals surface area (Å²) < 4.78 is 17.3. The summed E-state index contributed by atoms with van der Waals surface area (Å²) >= 11 is 0. The number of hydrogen-bond donors (Lipinski definition) is 0. The van der Waals surface area contributed by atoms with Crippen molar-refractivity contribution in [2.45, 2.75) is 245 Å². The van der Waals surface area contributed by atoms with E-state index in [-0.39, 0.29) is 31.6 Å². The van der Waals surface area contributed by atoms with Crippen molar-refractivity contribution in [1.29, 1.82) is 0 Å². The van der Waals surface area contributed by atoms with Crippen LogP contribution in [0.4, 0.5) is 0 Å². The maximum absolute atomic E-state index is 12.8. The molecule has 0 aromatic carbocycles. The molecule has 0 saturated carbocycles. The summed E-state index contributed by atoms with van der Waals surface area (Å²) in [6, 6.07) is 0. The summed E-state index contributed by atoms with van der Waals surface area (Å²) in [6.07, 6.45) is 77.0. The number of esters is 2. The number of rotatable bonds is 49. The zero-order valence-corrected chi connectivity index (χ0v) is 43.2. The zero-order chi connectivity index (χ0) is 47.7. The van der Waals surface area contributed by atoms with Crippen LogP contribution in [0.2, 0.25) is 0 Å². The predicted molar refractivity (Wildman–Crippen MR) is 288 cm³/mol. The maximum Gasteiger partial charge on any atom is 0.310 e. The van der Waals surface area contributed by atoms with Crippen molar-refractivity contribution in [3.8, 4) is 0 Å². The minimum Gasteiger partial charge on any atom is -0.462 e. The quantitative estimate of drug-likeness (QED) is 0.0346. The van der Waals surface area contributed by atoms with Gasteiger partial charge in [-0.3, -0.25) is 9.59 Å². The first-order valence-electron chi connectivity index (χ1n) is 27.4. The molecule has 0 aromatic rings. The van der Waals surface area contributed by atoms with E-state index < -0.39 is 6.10 Å². The molecule has 0 bridgehead atoms. The van der Waals surface area contributed by atoms with Gasteiger partial charge in [0.15, 0.2) is 6.10 Å². The first kappa shape index (κ1) is 62.6. The minimum atomic E-state index is -0.605. The van der Waals surface area contributed by atoms with Gasteiger partial charge in [0, 0.05) is 13.0 Å². The largest absolute Gasteiger partial charge is 0.462 e. The smallest absolute Gasteiger partial charge is 0.310 e. The van der Waals surface area contributed by atoms with Gasteiger partial charge in [-0.05, 0) is 103 Å². The predicted octanol–water partition coefficient (Wildman–Crippen LogP) is 18.8. The Morgan fingerprint density at radius 2 is 0.727 bits per heavy atom. The lowest BCUT2D eigenvalue weighted by molar-refractivity contribution is -0.162.